The van der Waals surface area contributed by atoms with Crippen LogP contribution in [0.25, 0.3) is 0 Å². The predicted molar refractivity (Wildman–Crippen MR) is 102 cm³/mol. The van der Waals surface area contributed by atoms with Gasteiger partial charge >= 0.3 is 12.0 Å². The highest BCUT2D eigenvalue weighted by molar-refractivity contribution is 8.00. The Bertz CT molecular complexity index is 660. The number of hydrogen-bond donors (Lipinski definition) is 3. The molecule has 3 N–H and O–H groups in total. The highest BCUT2D eigenvalue weighted by Crippen LogP contribution is 2.37. The Morgan fingerprint density at radius 1 is 1.30 bits per heavy atom. The van der Waals surface area contributed by atoms with E-state index < -0.39 is 5.97 Å². The van der Waals surface area contributed by atoms with Gasteiger partial charge in [-0.15, -0.1) is 4.73 Å². The van der Waals surface area contributed by atoms with Crippen LogP contribution >= 0.6 is 11.8 Å². The minimum absolute atomic E-state index is 0.0543. The van der Waals surface area contributed by atoms with Crippen molar-refractivity contribution in [2.45, 2.75) is 62.8 Å². The number of aromatic hydroxyl groups is 2. The van der Waals surface area contributed by atoms with E-state index in [0.717, 1.165) is 38.0 Å². The molecule has 2 fully saturated rings. The molecule has 1 aromatic rings. The van der Waals surface area contributed by atoms with Crippen LogP contribution in [0.2, 0.25) is 0 Å². The molecule has 2 aliphatic heterocycles. The maximum Gasteiger partial charge on any atom is 0.333 e. The fourth-order valence-corrected chi connectivity index (χ4v) is 5.30. The number of unbranched alkanes of at least 4 members (excludes halogenated alkanes) is 2. The van der Waals surface area contributed by atoms with Crippen molar-refractivity contribution in [2.75, 3.05) is 12.3 Å². The van der Waals surface area contributed by atoms with Gasteiger partial charge < -0.3 is 25.3 Å². The number of thioether (sulfide) groups is 1. The molecule has 3 atom stereocenters. The zero-order valence-electron chi connectivity index (χ0n) is 15.5. The van der Waals surface area contributed by atoms with E-state index in [-0.39, 0.29) is 36.3 Å². The Morgan fingerprint density at radius 2 is 2.04 bits per heavy atom. The number of rotatable bonds is 9. The van der Waals surface area contributed by atoms with Crippen molar-refractivity contribution >= 4 is 23.8 Å². The van der Waals surface area contributed by atoms with E-state index in [1.807, 2.05) is 16.7 Å². The summed E-state index contributed by atoms with van der Waals surface area (Å²) in [4.78, 5) is 31.0. The van der Waals surface area contributed by atoms with Gasteiger partial charge in [0.2, 0.25) is 11.8 Å². The zero-order valence-corrected chi connectivity index (χ0v) is 16.3. The molecule has 0 bridgehead atoms. The molecule has 3 unspecified atom stereocenters. The number of urea groups is 1. The standard InChI is InChI=1S/C18H27N3O5S/c1-2-3-10-20-17-12(19-18(20)25)11-27-13(17)6-4-5-7-16(24)26-21-14(22)8-9-15(21)23/h8-9,12-13,17,22-23H,2-7,10-11H2,1H3,(H,19,25). The lowest BCUT2D eigenvalue weighted by Gasteiger charge is -2.27. The van der Waals surface area contributed by atoms with Gasteiger partial charge in [0.15, 0.2) is 0 Å². The van der Waals surface area contributed by atoms with Crippen molar-refractivity contribution < 1.29 is 24.6 Å². The van der Waals surface area contributed by atoms with Gasteiger partial charge in [-0.25, -0.2) is 9.59 Å². The van der Waals surface area contributed by atoms with Gasteiger partial charge in [-0.2, -0.15) is 11.8 Å². The van der Waals surface area contributed by atoms with E-state index in [1.54, 1.807) is 0 Å². The normalized spacial score (nSPS) is 24.1. The Labute approximate surface area is 162 Å². The van der Waals surface area contributed by atoms with Crippen LogP contribution in [0.1, 0.15) is 45.4 Å². The van der Waals surface area contributed by atoms with Gasteiger partial charge in [0, 0.05) is 36.1 Å². The SMILES string of the molecule is CCCCN1C(=O)NC2CSC(CCCCC(=O)On3c(O)ccc3O)C21. The average molecular weight is 397 g/mol. The van der Waals surface area contributed by atoms with E-state index >= 15 is 0 Å². The maximum atomic E-state index is 12.2. The second-order valence-corrected chi connectivity index (χ2v) is 8.29. The summed E-state index contributed by atoms with van der Waals surface area (Å²) in [6.07, 6.45) is 4.74. The first-order valence-corrected chi connectivity index (χ1v) is 10.6. The van der Waals surface area contributed by atoms with Crippen LogP contribution in [0.4, 0.5) is 4.79 Å². The van der Waals surface area contributed by atoms with Crippen LogP contribution in [0.3, 0.4) is 0 Å². The number of nitrogens with zero attached hydrogens (tertiary/aromatic N) is 2. The lowest BCUT2D eigenvalue weighted by atomic mass is 10.0. The molecule has 8 nitrogen and oxygen atoms in total. The first-order chi connectivity index (χ1) is 13.0. The van der Waals surface area contributed by atoms with Gasteiger partial charge in [0.1, 0.15) is 0 Å². The van der Waals surface area contributed by atoms with Crippen molar-refractivity contribution in [3.63, 3.8) is 0 Å². The van der Waals surface area contributed by atoms with Crippen LogP contribution in [-0.4, -0.2) is 61.5 Å². The van der Waals surface area contributed by atoms with Crippen molar-refractivity contribution in [2.24, 2.45) is 0 Å². The van der Waals surface area contributed by atoms with Crippen molar-refractivity contribution in [3.8, 4) is 11.8 Å². The van der Waals surface area contributed by atoms with Crippen LogP contribution in [-0.2, 0) is 4.79 Å². The van der Waals surface area contributed by atoms with Crippen molar-refractivity contribution in [1.82, 2.24) is 14.9 Å². The number of nitrogens with one attached hydrogen (secondary N) is 1. The number of hydrogen-bond acceptors (Lipinski definition) is 6. The highest BCUT2D eigenvalue weighted by Gasteiger charge is 2.47. The third-order valence-electron chi connectivity index (χ3n) is 5.08. The van der Waals surface area contributed by atoms with Crippen LogP contribution in [0, 0.1) is 0 Å². The van der Waals surface area contributed by atoms with E-state index in [4.69, 9.17) is 4.84 Å². The monoisotopic (exact) mass is 397 g/mol. The van der Waals surface area contributed by atoms with Gasteiger partial charge in [0.25, 0.3) is 0 Å². The molecule has 0 radical (unpaired) electrons. The quantitative estimate of drug-likeness (QED) is 0.435. The Morgan fingerprint density at radius 3 is 2.74 bits per heavy atom. The molecular formula is C18H27N3O5S. The number of aromatic nitrogens is 1. The van der Waals surface area contributed by atoms with E-state index in [2.05, 4.69) is 12.2 Å². The number of amides is 2. The van der Waals surface area contributed by atoms with Gasteiger partial charge in [-0.05, 0) is 19.3 Å². The van der Waals surface area contributed by atoms with Crippen molar-refractivity contribution in [1.29, 1.82) is 0 Å². The lowest BCUT2D eigenvalue weighted by Crippen LogP contribution is -2.41. The summed E-state index contributed by atoms with van der Waals surface area (Å²) in [5.74, 6) is -0.201. The second-order valence-electron chi connectivity index (χ2n) is 7.02. The van der Waals surface area contributed by atoms with Crippen LogP contribution < -0.4 is 10.2 Å². The molecule has 3 heterocycles. The summed E-state index contributed by atoms with van der Waals surface area (Å²) in [7, 11) is 0. The maximum absolute atomic E-state index is 12.2. The Hall–Kier alpha value is -2.03. The molecule has 0 spiro atoms. The van der Waals surface area contributed by atoms with Gasteiger partial charge in [-0.3, -0.25) is 0 Å². The molecule has 9 heteroatoms. The molecule has 0 aliphatic carbocycles. The van der Waals surface area contributed by atoms with Gasteiger partial charge in [-0.1, -0.05) is 19.8 Å². The van der Waals surface area contributed by atoms with E-state index in [1.165, 1.54) is 12.1 Å². The van der Waals surface area contributed by atoms with Crippen LogP contribution in [0.15, 0.2) is 12.1 Å². The summed E-state index contributed by atoms with van der Waals surface area (Å²) in [6.45, 7) is 2.93. The first kappa shape index (κ1) is 19.7. The highest BCUT2D eigenvalue weighted by atomic mass is 32.2. The van der Waals surface area contributed by atoms with Crippen molar-refractivity contribution in [3.05, 3.63) is 12.1 Å². The molecule has 0 saturated carbocycles. The largest absolute Gasteiger partial charge is 0.492 e. The van der Waals surface area contributed by atoms with E-state index in [9.17, 15) is 19.8 Å². The average Bonchev–Trinajstić information content (AvgIpc) is 3.27. The summed E-state index contributed by atoms with van der Waals surface area (Å²) in [5, 5.41) is 22.4. The molecule has 150 valence electrons. The topological polar surface area (TPSA) is 104 Å². The summed E-state index contributed by atoms with van der Waals surface area (Å²) in [6, 6.07) is 3.03. The molecule has 2 saturated heterocycles. The number of carbonyl (C=O) groups excluding carboxylic acids is 2. The minimum atomic E-state index is -0.504. The minimum Gasteiger partial charge on any atom is -0.492 e. The van der Waals surface area contributed by atoms with Crippen LogP contribution in [0.5, 0.6) is 11.8 Å². The first-order valence-electron chi connectivity index (χ1n) is 9.50. The summed E-state index contributed by atoms with van der Waals surface area (Å²) < 4.78 is 0.709. The molecule has 0 aromatic carbocycles. The third-order valence-corrected chi connectivity index (χ3v) is 6.57. The molecule has 2 amide bonds. The fourth-order valence-electron chi connectivity index (χ4n) is 3.70. The lowest BCUT2D eigenvalue weighted by molar-refractivity contribution is -0.145. The molecule has 3 rings (SSSR count). The Balaban J connectivity index is 1.42. The fraction of sp³-hybridized carbons (Fsp3) is 0.667. The van der Waals surface area contributed by atoms with E-state index in [0.29, 0.717) is 16.4 Å². The van der Waals surface area contributed by atoms with Gasteiger partial charge in [0.05, 0.1) is 12.1 Å². The number of carbonyl (C=O) groups is 2. The summed E-state index contributed by atoms with van der Waals surface area (Å²) >= 11 is 1.90. The third kappa shape index (κ3) is 4.45. The predicted octanol–water partition coefficient (Wildman–Crippen LogP) is 2.09. The summed E-state index contributed by atoms with van der Waals surface area (Å²) in [5.41, 5.74) is 0. The zero-order chi connectivity index (χ0) is 19.4. The molecule has 27 heavy (non-hydrogen) atoms. The smallest absolute Gasteiger partial charge is 0.333 e. The second kappa shape index (κ2) is 8.77. The Kier molecular flexibility index (Phi) is 6.41. The molecular weight excluding hydrogens is 370 g/mol. The number of fused-ring (bicyclic) bond motifs is 1. The molecule has 2 aliphatic rings. The molecule has 1 aromatic heterocycles.